The van der Waals surface area contributed by atoms with E-state index < -0.39 is 36.8 Å². The number of esters is 6. The van der Waals surface area contributed by atoms with Crippen molar-refractivity contribution >= 4 is 69.1 Å². The molecule has 0 aliphatic heterocycles. The Morgan fingerprint density at radius 2 is 0.759 bits per heavy atom. The Morgan fingerprint density at radius 3 is 1.09 bits per heavy atom. The van der Waals surface area contributed by atoms with Crippen LogP contribution in [0.2, 0.25) is 0 Å². The topological polar surface area (TPSA) is 245 Å². The summed E-state index contributed by atoms with van der Waals surface area (Å²) in [5, 5.41) is 0. The van der Waals surface area contributed by atoms with Gasteiger partial charge in [0.1, 0.15) is 17.1 Å². The SMILES string of the molecule is CC.CC.CC.CC.CC.CC(C)C(OC(=O)c1cc2occc2[nH]1)OC(=O)C1CCCCC1.CC(OC(=O)c1cc2occc2[nH]1)OC(=O)C1CCCCC1.CCC(OC(=O)c1cc2occc2[nH]1)OC(=O)C1CCCCC1. The summed E-state index contributed by atoms with van der Waals surface area (Å²) in [5.74, 6) is -2.82. The van der Waals surface area contributed by atoms with Gasteiger partial charge in [-0.15, -0.1) is 0 Å². The Hall–Kier alpha value is -6.72. The minimum Gasteiger partial charge on any atom is -0.463 e. The van der Waals surface area contributed by atoms with Crippen LogP contribution in [0, 0.1) is 23.7 Å². The van der Waals surface area contributed by atoms with E-state index in [9.17, 15) is 28.8 Å². The van der Waals surface area contributed by atoms with Gasteiger partial charge in [0.05, 0.1) is 53.1 Å². The summed E-state index contributed by atoms with van der Waals surface area (Å²) in [6.45, 7) is 27.1. The number of hydrogen-bond acceptors (Lipinski definition) is 15. The lowest BCUT2D eigenvalue weighted by Crippen LogP contribution is -2.32. The molecule has 3 unspecified atom stereocenters. The number of aromatic amines is 3. The first-order chi connectivity index (χ1) is 38.3. The lowest BCUT2D eigenvalue weighted by atomic mass is 9.89. The van der Waals surface area contributed by atoms with E-state index in [4.69, 9.17) is 41.7 Å². The molecule has 442 valence electrons. The van der Waals surface area contributed by atoms with Crippen molar-refractivity contribution in [2.45, 2.75) is 219 Å². The second-order valence-corrected chi connectivity index (χ2v) is 18.2. The van der Waals surface area contributed by atoms with Gasteiger partial charge in [0.25, 0.3) is 0 Å². The second kappa shape index (κ2) is 38.0. The molecule has 0 saturated heterocycles. The van der Waals surface area contributed by atoms with Gasteiger partial charge in [0.2, 0.25) is 18.9 Å². The first-order valence-corrected chi connectivity index (χ1v) is 29.3. The second-order valence-electron chi connectivity index (χ2n) is 18.2. The van der Waals surface area contributed by atoms with Crippen molar-refractivity contribution in [3.63, 3.8) is 0 Å². The highest BCUT2D eigenvalue weighted by atomic mass is 16.7. The van der Waals surface area contributed by atoms with E-state index in [0.29, 0.717) is 23.2 Å². The molecule has 79 heavy (non-hydrogen) atoms. The number of fused-ring (bicyclic) bond motifs is 3. The molecule has 0 amide bonds. The van der Waals surface area contributed by atoms with Crippen molar-refractivity contribution in [2.24, 2.45) is 23.7 Å². The fourth-order valence-electron chi connectivity index (χ4n) is 8.66. The van der Waals surface area contributed by atoms with E-state index in [1.807, 2.05) is 90.0 Å². The molecule has 6 aromatic rings. The van der Waals surface area contributed by atoms with Gasteiger partial charge >= 0.3 is 35.8 Å². The first-order valence-electron chi connectivity index (χ1n) is 29.3. The summed E-state index contributed by atoms with van der Waals surface area (Å²) in [6, 6.07) is 9.90. The molecular formula is C61H93N3O15. The molecule has 0 spiro atoms. The third kappa shape index (κ3) is 21.8. The van der Waals surface area contributed by atoms with Gasteiger partial charge in [-0.1, -0.05) is 148 Å². The molecule has 0 bridgehead atoms. The van der Waals surface area contributed by atoms with E-state index in [-0.39, 0.29) is 58.7 Å². The average Bonchev–Trinajstić information content (AvgIpc) is 4.40. The van der Waals surface area contributed by atoms with Crippen molar-refractivity contribution in [1.29, 1.82) is 0 Å². The highest BCUT2D eigenvalue weighted by molar-refractivity contribution is 5.94. The Balaban J connectivity index is 0.000000375. The summed E-state index contributed by atoms with van der Waals surface area (Å²) >= 11 is 0. The molecule has 9 rings (SSSR count). The van der Waals surface area contributed by atoms with E-state index >= 15 is 0 Å². The molecule has 3 saturated carbocycles. The van der Waals surface area contributed by atoms with Crippen LogP contribution in [-0.4, -0.2) is 69.6 Å². The third-order valence-electron chi connectivity index (χ3n) is 12.6. The van der Waals surface area contributed by atoms with Crippen molar-refractivity contribution in [3.8, 4) is 0 Å². The lowest BCUT2D eigenvalue weighted by molar-refractivity contribution is -0.181. The summed E-state index contributed by atoms with van der Waals surface area (Å²) in [4.78, 5) is 81.6. The molecule has 6 aromatic heterocycles. The van der Waals surface area contributed by atoms with Gasteiger partial charge in [-0.25, -0.2) is 14.4 Å². The highest BCUT2D eigenvalue weighted by Gasteiger charge is 2.31. The largest absolute Gasteiger partial charge is 0.463 e. The van der Waals surface area contributed by atoms with Gasteiger partial charge in [0.15, 0.2) is 16.7 Å². The van der Waals surface area contributed by atoms with Crippen molar-refractivity contribution in [2.75, 3.05) is 0 Å². The van der Waals surface area contributed by atoms with Gasteiger partial charge in [0, 0.05) is 55.7 Å². The molecular weight excluding hydrogens is 1010 g/mol. The smallest absolute Gasteiger partial charge is 0.357 e. The maximum Gasteiger partial charge on any atom is 0.357 e. The van der Waals surface area contributed by atoms with Crippen LogP contribution in [0.4, 0.5) is 0 Å². The van der Waals surface area contributed by atoms with Crippen LogP contribution in [0.15, 0.2) is 68.4 Å². The van der Waals surface area contributed by atoms with E-state index in [0.717, 1.165) is 93.6 Å². The molecule has 18 heteroatoms. The molecule has 3 fully saturated rings. The third-order valence-corrected chi connectivity index (χ3v) is 12.6. The maximum atomic E-state index is 12.3. The molecule has 6 heterocycles. The zero-order valence-electron chi connectivity index (χ0n) is 49.7. The number of hydrogen-bond donors (Lipinski definition) is 3. The van der Waals surface area contributed by atoms with Crippen molar-refractivity contribution < 1.29 is 70.4 Å². The minimum absolute atomic E-state index is 0.0654. The lowest BCUT2D eigenvalue weighted by Gasteiger charge is -2.25. The maximum absolute atomic E-state index is 12.3. The number of nitrogens with one attached hydrogen (secondary N) is 3. The predicted molar refractivity (Wildman–Crippen MR) is 305 cm³/mol. The molecule has 3 aliphatic rings. The number of ether oxygens (including phenoxy) is 6. The Kier molecular flexibility index (Phi) is 32.9. The van der Waals surface area contributed by atoms with Gasteiger partial charge in [-0.05, 0) is 38.5 Å². The van der Waals surface area contributed by atoms with Crippen LogP contribution in [0.5, 0.6) is 0 Å². The zero-order valence-corrected chi connectivity index (χ0v) is 49.7. The van der Waals surface area contributed by atoms with E-state index in [1.54, 1.807) is 49.6 Å². The number of rotatable bonds is 14. The van der Waals surface area contributed by atoms with Gasteiger partial charge in [-0.3, -0.25) is 14.4 Å². The molecule has 0 radical (unpaired) electrons. The van der Waals surface area contributed by atoms with E-state index in [2.05, 4.69) is 15.0 Å². The van der Waals surface area contributed by atoms with E-state index in [1.165, 1.54) is 31.8 Å². The van der Waals surface area contributed by atoms with Crippen LogP contribution in [0.25, 0.3) is 33.3 Å². The van der Waals surface area contributed by atoms with Crippen molar-refractivity contribution in [1.82, 2.24) is 15.0 Å². The summed E-state index contributed by atoms with van der Waals surface area (Å²) < 4.78 is 47.5. The van der Waals surface area contributed by atoms with Crippen LogP contribution in [-0.2, 0) is 42.8 Å². The molecule has 3 atom stereocenters. The van der Waals surface area contributed by atoms with Gasteiger partial charge < -0.3 is 56.6 Å². The Bertz CT molecular complexity index is 2540. The van der Waals surface area contributed by atoms with Crippen LogP contribution in [0.3, 0.4) is 0 Å². The highest BCUT2D eigenvalue weighted by Crippen LogP contribution is 2.29. The molecule has 3 aliphatic carbocycles. The summed E-state index contributed by atoms with van der Waals surface area (Å²) in [5.41, 5.74) is 4.76. The monoisotopic (exact) mass is 1110 g/mol. The minimum atomic E-state index is -0.906. The fourth-order valence-corrected chi connectivity index (χ4v) is 8.66. The van der Waals surface area contributed by atoms with Gasteiger partial charge in [-0.2, -0.15) is 0 Å². The standard InChI is InChI=1S/C18H23NO5.C17H21NO5.C16H19NO5.5C2H6/c1-11(2)18(23-16(20)12-6-4-3-5-7-12)24-17(21)14-10-15-13(19-14)8-9-22-15;1-2-15(22-16(19)11-6-4-3-5-7-11)23-17(20)13-10-14-12(18-13)8-9-21-14;1-10(21-15(18)11-5-3-2-4-6-11)22-16(19)13-9-14-12(17-13)7-8-20-14;5*1-2/h8-12,18-19H,3-7H2,1-2H3;8-11,15,18H,2-7H2,1H3;7-11,17H,2-6H2,1H3;5*1-2H3. The average molecular weight is 1110 g/mol. The number of carbonyl (C=O) groups excluding carboxylic acids is 6. The predicted octanol–water partition coefficient (Wildman–Crippen LogP) is 16.3. The molecule has 3 N–H and O–H groups in total. The summed E-state index contributed by atoms with van der Waals surface area (Å²) in [6.07, 6.45) is 17.3. The number of aromatic nitrogens is 3. The zero-order chi connectivity index (χ0) is 58.9. The molecule has 18 nitrogen and oxygen atoms in total. The van der Waals surface area contributed by atoms with Crippen LogP contribution < -0.4 is 0 Å². The summed E-state index contributed by atoms with van der Waals surface area (Å²) in [7, 11) is 0. The number of carbonyl (C=O) groups is 6. The van der Waals surface area contributed by atoms with Crippen LogP contribution >= 0.6 is 0 Å². The number of H-pyrrole nitrogens is 3. The van der Waals surface area contributed by atoms with Crippen molar-refractivity contribution in [3.05, 3.63) is 72.3 Å². The first kappa shape index (κ1) is 68.4. The molecule has 0 aromatic carbocycles. The number of furan rings is 3. The quantitative estimate of drug-likeness (QED) is 0.0521. The Labute approximate surface area is 467 Å². The fraction of sp³-hybridized carbons (Fsp3) is 0.607. The van der Waals surface area contributed by atoms with Crippen LogP contribution in [0.1, 0.15) is 231 Å². The normalized spacial score (nSPS) is 15.4. The Morgan fingerprint density at radius 1 is 0.443 bits per heavy atom.